The van der Waals surface area contributed by atoms with E-state index in [-0.39, 0.29) is 0 Å². The maximum Gasteiger partial charge on any atom is 0.328 e. The Kier molecular flexibility index (Phi) is 3.37. The highest BCUT2D eigenvalue weighted by atomic mass is 16.7. The summed E-state index contributed by atoms with van der Waals surface area (Å²) in [4.78, 5) is 24.2. The Labute approximate surface area is 79.6 Å². The topological polar surface area (TPSA) is 76.0 Å². The second-order valence-corrected chi connectivity index (χ2v) is 2.41. The SMILES string of the molecule is O=NOc1ccc(/C=C/C(=O)O)cc1. The molecule has 0 bridgehead atoms. The maximum absolute atomic E-state index is 10.2. The zero-order valence-electron chi connectivity index (χ0n) is 7.08. The molecule has 0 unspecified atom stereocenters. The number of carboxylic acids is 1. The van der Waals surface area contributed by atoms with Crippen LogP contribution in [-0.2, 0) is 4.79 Å². The van der Waals surface area contributed by atoms with Gasteiger partial charge < -0.3 is 9.94 Å². The minimum absolute atomic E-state index is 0.312. The minimum Gasteiger partial charge on any atom is -0.478 e. The van der Waals surface area contributed by atoms with Gasteiger partial charge in [-0.3, -0.25) is 0 Å². The fourth-order valence-electron chi connectivity index (χ4n) is 0.850. The van der Waals surface area contributed by atoms with Crippen molar-refractivity contribution in [3.8, 4) is 5.75 Å². The number of hydrogen-bond donors (Lipinski definition) is 1. The van der Waals surface area contributed by atoms with Gasteiger partial charge in [0.15, 0.2) is 11.1 Å². The second-order valence-electron chi connectivity index (χ2n) is 2.41. The molecule has 0 amide bonds. The smallest absolute Gasteiger partial charge is 0.328 e. The number of benzene rings is 1. The van der Waals surface area contributed by atoms with E-state index in [1.807, 2.05) is 0 Å². The second kappa shape index (κ2) is 4.76. The fourth-order valence-corrected chi connectivity index (χ4v) is 0.850. The molecule has 0 heterocycles. The van der Waals surface area contributed by atoms with Crippen LogP contribution in [0.5, 0.6) is 5.75 Å². The highest BCUT2D eigenvalue weighted by molar-refractivity contribution is 5.85. The Hall–Kier alpha value is -2.17. The van der Waals surface area contributed by atoms with Crippen molar-refractivity contribution in [3.05, 3.63) is 40.8 Å². The zero-order chi connectivity index (χ0) is 10.4. The van der Waals surface area contributed by atoms with Crippen molar-refractivity contribution < 1.29 is 14.7 Å². The van der Waals surface area contributed by atoms with E-state index in [0.29, 0.717) is 11.3 Å². The van der Waals surface area contributed by atoms with Gasteiger partial charge in [-0.2, -0.15) is 0 Å². The molecule has 72 valence electrons. The Morgan fingerprint density at radius 1 is 1.36 bits per heavy atom. The molecule has 0 aromatic heterocycles. The molecule has 0 radical (unpaired) electrons. The summed E-state index contributed by atoms with van der Waals surface area (Å²) in [5.74, 6) is -0.702. The van der Waals surface area contributed by atoms with Crippen LogP contribution in [0.4, 0.5) is 0 Å². The fraction of sp³-hybridized carbons (Fsp3) is 0. The van der Waals surface area contributed by atoms with Gasteiger partial charge in [-0.25, -0.2) is 4.79 Å². The summed E-state index contributed by atoms with van der Waals surface area (Å²) >= 11 is 0. The summed E-state index contributed by atoms with van der Waals surface area (Å²) in [5.41, 5.74) is 0.700. The van der Waals surface area contributed by atoms with E-state index in [2.05, 4.69) is 10.2 Å². The van der Waals surface area contributed by atoms with Gasteiger partial charge in [-0.05, 0) is 23.8 Å². The van der Waals surface area contributed by atoms with Gasteiger partial charge in [0.25, 0.3) is 0 Å². The first-order chi connectivity index (χ1) is 6.72. The van der Waals surface area contributed by atoms with E-state index >= 15 is 0 Å². The van der Waals surface area contributed by atoms with Crippen LogP contribution in [0.3, 0.4) is 0 Å². The summed E-state index contributed by atoms with van der Waals surface area (Å²) < 4.78 is 0. The highest BCUT2D eigenvalue weighted by Gasteiger charge is 1.93. The predicted molar refractivity (Wildman–Crippen MR) is 49.5 cm³/mol. The quantitative estimate of drug-likeness (QED) is 0.449. The summed E-state index contributed by atoms with van der Waals surface area (Å²) in [6, 6.07) is 6.26. The lowest BCUT2D eigenvalue weighted by molar-refractivity contribution is -0.131. The molecule has 0 atom stereocenters. The normalized spacial score (nSPS) is 10.0. The number of hydrogen-bond acceptors (Lipinski definition) is 4. The molecule has 14 heavy (non-hydrogen) atoms. The monoisotopic (exact) mass is 193 g/mol. The molecule has 1 rings (SSSR count). The van der Waals surface area contributed by atoms with E-state index in [1.54, 1.807) is 12.1 Å². The Morgan fingerprint density at radius 3 is 2.50 bits per heavy atom. The zero-order valence-corrected chi connectivity index (χ0v) is 7.08. The van der Waals surface area contributed by atoms with Crippen LogP contribution < -0.4 is 4.84 Å². The first-order valence-corrected chi connectivity index (χ1v) is 3.73. The third kappa shape index (κ3) is 3.06. The third-order valence-corrected chi connectivity index (χ3v) is 1.44. The summed E-state index contributed by atoms with van der Waals surface area (Å²) in [6.07, 6.45) is 2.45. The van der Waals surface area contributed by atoms with Gasteiger partial charge >= 0.3 is 5.97 Å². The molecule has 0 saturated heterocycles. The van der Waals surface area contributed by atoms with Crippen molar-refractivity contribution in [2.45, 2.75) is 0 Å². The molecular weight excluding hydrogens is 186 g/mol. The number of carbonyl (C=O) groups is 1. The van der Waals surface area contributed by atoms with Crippen LogP contribution in [0.15, 0.2) is 35.7 Å². The van der Waals surface area contributed by atoms with Crippen LogP contribution in [0.1, 0.15) is 5.56 Å². The van der Waals surface area contributed by atoms with E-state index in [4.69, 9.17) is 5.11 Å². The van der Waals surface area contributed by atoms with Crippen molar-refractivity contribution in [2.75, 3.05) is 0 Å². The third-order valence-electron chi connectivity index (χ3n) is 1.44. The van der Waals surface area contributed by atoms with Crippen molar-refractivity contribution in [2.24, 2.45) is 5.34 Å². The molecule has 0 saturated carbocycles. The van der Waals surface area contributed by atoms with E-state index in [0.717, 1.165) is 6.08 Å². The molecule has 0 aliphatic carbocycles. The lowest BCUT2D eigenvalue weighted by Gasteiger charge is -1.95. The van der Waals surface area contributed by atoms with E-state index in [1.165, 1.54) is 18.2 Å². The standard InChI is InChI=1S/C9H7NO4/c11-9(12)6-3-7-1-4-8(5-2-7)14-10-13/h1-6H,(H,11,12)/b6-3+. The Morgan fingerprint density at radius 2 is 2.00 bits per heavy atom. The average Bonchev–Trinajstić information content (AvgIpc) is 2.17. The van der Waals surface area contributed by atoms with Gasteiger partial charge in [-0.1, -0.05) is 12.1 Å². The average molecular weight is 193 g/mol. The van der Waals surface area contributed by atoms with Crippen LogP contribution >= 0.6 is 0 Å². The lowest BCUT2D eigenvalue weighted by atomic mass is 10.2. The highest BCUT2D eigenvalue weighted by Crippen LogP contribution is 2.13. The number of carboxylic acid groups (broad SMARTS) is 1. The number of nitrogens with zero attached hydrogens (tertiary/aromatic N) is 1. The summed E-state index contributed by atoms with van der Waals surface area (Å²) in [7, 11) is 0. The molecule has 1 aromatic rings. The number of rotatable bonds is 4. The van der Waals surface area contributed by atoms with Gasteiger partial charge in [0, 0.05) is 6.08 Å². The van der Waals surface area contributed by atoms with Crippen molar-refractivity contribution in [1.82, 2.24) is 0 Å². The van der Waals surface area contributed by atoms with Crippen LogP contribution in [0.25, 0.3) is 6.08 Å². The van der Waals surface area contributed by atoms with Crippen molar-refractivity contribution in [1.29, 1.82) is 0 Å². The lowest BCUT2D eigenvalue weighted by Crippen LogP contribution is -1.85. The van der Waals surface area contributed by atoms with Crippen molar-refractivity contribution >= 4 is 12.0 Å². The Balaban J connectivity index is 2.73. The molecule has 0 fully saturated rings. The van der Waals surface area contributed by atoms with Crippen LogP contribution in [0.2, 0.25) is 0 Å². The summed E-state index contributed by atoms with van der Waals surface area (Å²) in [5, 5.41) is 10.6. The van der Waals surface area contributed by atoms with Gasteiger partial charge in [0.05, 0.1) is 0 Å². The van der Waals surface area contributed by atoms with E-state index < -0.39 is 5.97 Å². The minimum atomic E-state index is -1.01. The summed E-state index contributed by atoms with van der Waals surface area (Å²) in [6.45, 7) is 0. The molecular formula is C9H7NO4. The molecule has 0 aliphatic rings. The Bertz CT molecular complexity index is 356. The molecule has 5 nitrogen and oxygen atoms in total. The first-order valence-electron chi connectivity index (χ1n) is 3.73. The van der Waals surface area contributed by atoms with Gasteiger partial charge in [0.2, 0.25) is 0 Å². The van der Waals surface area contributed by atoms with Gasteiger partial charge in [-0.15, -0.1) is 4.91 Å². The molecule has 0 spiro atoms. The first kappa shape index (κ1) is 9.91. The van der Waals surface area contributed by atoms with E-state index in [9.17, 15) is 9.70 Å². The van der Waals surface area contributed by atoms with Crippen molar-refractivity contribution in [3.63, 3.8) is 0 Å². The molecule has 5 heteroatoms. The number of aliphatic carboxylic acids is 1. The molecule has 0 aliphatic heterocycles. The van der Waals surface area contributed by atoms with Gasteiger partial charge in [0.1, 0.15) is 0 Å². The molecule has 1 aromatic carbocycles. The van der Waals surface area contributed by atoms with Crippen LogP contribution in [-0.4, -0.2) is 11.1 Å². The largest absolute Gasteiger partial charge is 0.478 e. The molecule has 1 N–H and O–H groups in total. The predicted octanol–water partition coefficient (Wildman–Crippen LogP) is 1.84. The van der Waals surface area contributed by atoms with Crippen LogP contribution in [0, 0.1) is 4.91 Å². The maximum atomic E-state index is 10.2.